The average molecular weight is 443 g/mol. The number of methoxy groups -OCH3 is 1. The fourth-order valence-corrected chi connectivity index (χ4v) is 4.85. The monoisotopic (exact) mass is 442 g/mol. The summed E-state index contributed by atoms with van der Waals surface area (Å²) in [5, 5.41) is 7.77. The Labute approximate surface area is 177 Å². The van der Waals surface area contributed by atoms with Crippen LogP contribution in [0, 0.1) is 6.92 Å². The zero-order chi connectivity index (χ0) is 21.5. The number of carbonyl (C=O) groups is 1. The second-order valence-corrected chi connectivity index (χ2v) is 9.63. The number of rotatable bonds is 5. The van der Waals surface area contributed by atoms with Crippen LogP contribution in [0.5, 0.6) is 5.75 Å². The molecule has 0 radical (unpaired) electrons. The van der Waals surface area contributed by atoms with Gasteiger partial charge in [0.1, 0.15) is 11.6 Å². The van der Waals surface area contributed by atoms with Gasteiger partial charge in [0.2, 0.25) is 5.13 Å². The molecule has 4 aromatic rings. The van der Waals surface area contributed by atoms with Crippen LogP contribution >= 0.6 is 11.3 Å². The fraction of sp³-hybridized carbons (Fsp3) is 0.150. The van der Waals surface area contributed by atoms with Crippen molar-refractivity contribution < 1.29 is 17.9 Å². The lowest BCUT2D eigenvalue weighted by Gasteiger charge is -2.09. The first-order valence-corrected chi connectivity index (χ1v) is 11.6. The predicted octanol–water partition coefficient (Wildman–Crippen LogP) is 3.45. The molecular weight excluding hydrogens is 424 g/mol. The summed E-state index contributed by atoms with van der Waals surface area (Å²) in [5.74, 6) is 0.576. The van der Waals surface area contributed by atoms with Gasteiger partial charge in [0, 0.05) is 12.3 Å². The Bertz CT molecular complexity index is 1370. The molecule has 0 aliphatic heterocycles. The fourth-order valence-electron chi connectivity index (χ4n) is 3.01. The van der Waals surface area contributed by atoms with E-state index in [1.165, 1.54) is 28.2 Å². The van der Waals surface area contributed by atoms with Gasteiger partial charge >= 0.3 is 0 Å². The molecule has 10 heteroatoms. The molecule has 0 saturated heterocycles. The van der Waals surface area contributed by atoms with E-state index in [9.17, 15) is 13.2 Å². The number of fused-ring (bicyclic) bond motifs is 1. The number of aryl methyl sites for hydroxylation is 1. The maximum absolute atomic E-state index is 12.9. The van der Waals surface area contributed by atoms with E-state index >= 15 is 0 Å². The molecule has 2 aromatic carbocycles. The molecule has 8 nitrogen and oxygen atoms in total. The molecule has 2 aromatic heterocycles. The zero-order valence-electron chi connectivity index (χ0n) is 16.4. The van der Waals surface area contributed by atoms with Crippen molar-refractivity contribution in [2.24, 2.45) is 0 Å². The number of anilines is 1. The Hall–Kier alpha value is -3.24. The minimum Gasteiger partial charge on any atom is -0.497 e. The highest BCUT2D eigenvalue weighted by Crippen LogP contribution is 2.30. The summed E-state index contributed by atoms with van der Waals surface area (Å²) in [6.45, 7) is 1.80. The lowest BCUT2D eigenvalue weighted by molar-refractivity contribution is 0.102. The van der Waals surface area contributed by atoms with Crippen LogP contribution in [0.4, 0.5) is 5.82 Å². The minimum absolute atomic E-state index is 0.0302. The summed E-state index contributed by atoms with van der Waals surface area (Å²) in [4.78, 5) is 17.4. The van der Waals surface area contributed by atoms with E-state index in [1.54, 1.807) is 32.2 Å². The molecule has 1 amide bonds. The van der Waals surface area contributed by atoms with Crippen molar-refractivity contribution in [1.82, 2.24) is 14.8 Å². The van der Waals surface area contributed by atoms with Crippen molar-refractivity contribution in [3.63, 3.8) is 0 Å². The smallest absolute Gasteiger partial charge is 0.258 e. The maximum atomic E-state index is 12.9. The third-order valence-corrected chi connectivity index (χ3v) is 6.52. The lowest BCUT2D eigenvalue weighted by Crippen LogP contribution is -2.18. The van der Waals surface area contributed by atoms with E-state index in [0.29, 0.717) is 16.6 Å². The quantitative estimate of drug-likeness (QED) is 0.508. The van der Waals surface area contributed by atoms with E-state index in [1.807, 2.05) is 18.2 Å². The van der Waals surface area contributed by atoms with E-state index in [0.717, 1.165) is 22.2 Å². The number of carbonyl (C=O) groups excluding carboxylic acids is 1. The number of aromatic nitrogens is 3. The summed E-state index contributed by atoms with van der Waals surface area (Å²) in [7, 11) is -1.96. The van der Waals surface area contributed by atoms with Crippen LogP contribution in [0.3, 0.4) is 0 Å². The normalized spacial score (nSPS) is 11.6. The lowest BCUT2D eigenvalue weighted by atomic mass is 10.2. The van der Waals surface area contributed by atoms with E-state index in [2.05, 4.69) is 15.4 Å². The second kappa shape index (κ2) is 7.54. The van der Waals surface area contributed by atoms with Crippen LogP contribution in [0.2, 0.25) is 0 Å². The van der Waals surface area contributed by atoms with E-state index in [-0.39, 0.29) is 10.5 Å². The first-order valence-electron chi connectivity index (χ1n) is 8.88. The van der Waals surface area contributed by atoms with Gasteiger partial charge in [0.15, 0.2) is 9.84 Å². The molecule has 0 saturated carbocycles. The van der Waals surface area contributed by atoms with Crippen molar-refractivity contribution in [3.05, 3.63) is 59.8 Å². The number of amides is 1. The molecule has 4 rings (SSSR count). The van der Waals surface area contributed by atoms with Crippen LogP contribution in [0.25, 0.3) is 15.3 Å². The van der Waals surface area contributed by atoms with Gasteiger partial charge in [0.25, 0.3) is 5.91 Å². The number of ether oxygens (including phenoxy) is 1. The number of benzene rings is 2. The van der Waals surface area contributed by atoms with Crippen molar-refractivity contribution >= 4 is 43.1 Å². The maximum Gasteiger partial charge on any atom is 0.258 e. The molecule has 0 unspecified atom stereocenters. The van der Waals surface area contributed by atoms with Gasteiger partial charge < -0.3 is 10.1 Å². The van der Waals surface area contributed by atoms with Crippen molar-refractivity contribution in [2.75, 3.05) is 18.7 Å². The largest absolute Gasteiger partial charge is 0.497 e. The van der Waals surface area contributed by atoms with Crippen LogP contribution < -0.4 is 10.1 Å². The molecule has 30 heavy (non-hydrogen) atoms. The van der Waals surface area contributed by atoms with Crippen LogP contribution in [0.15, 0.2) is 53.4 Å². The first-order chi connectivity index (χ1) is 14.3. The summed E-state index contributed by atoms with van der Waals surface area (Å²) in [6, 6.07) is 13.3. The molecule has 0 fully saturated rings. The average Bonchev–Trinajstić information content (AvgIpc) is 3.29. The third kappa shape index (κ3) is 3.79. The molecule has 0 atom stereocenters. The summed E-state index contributed by atoms with van der Waals surface area (Å²) < 4.78 is 31.8. The molecular formula is C20H18N4O4S2. The van der Waals surface area contributed by atoms with Gasteiger partial charge in [-0.15, -0.1) is 0 Å². The van der Waals surface area contributed by atoms with Gasteiger partial charge in [0.05, 0.1) is 33.5 Å². The number of hydrogen-bond donors (Lipinski definition) is 1. The first kappa shape index (κ1) is 20.0. The minimum atomic E-state index is -3.56. The summed E-state index contributed by atoms with van der Waals surface area (Å²) in [5.41, 5.74) is 1.53. The number of nitrogens with zero attached hydrogens (tertiary/aromatic N) is 3. The van der Waals surface area contributed by atoms with Crippen molar-refractivity contribution in [2.45, 2.75) is 11.8 Å². The summed E-state index contributed by atoms with van der Waals surface area (Å²) in [6.07, 6.45) is 1.07. The highest BCUT2D eigenvalue weighted by molar-refractivity contribution is 7.90. The van der Waals surface area contributed by atoms with Crippen LogP contribution in [-0.2, 0) is 9.84 Å². The van der Waals surface area contributed by atoms with Gasteiger partial charge in [-0.2, -0.15) is 9.78 Å². The van der Waals surface area contributed by atoms with Crippen molar-refractivity contribution in [3.8, 4) is 10.9 Å². The Morgan fingerprint density at radius 2 is 1.93 bits per heavy atom. The SMILES string of the molecule is COc1ccc2nc(-n3nc(C)cc3NC(=O)c3ccccc3S(C)(=O)=O)sc2c1. The topological polar surface area (TPSA) is 103 Å². The Morgan fingerprint density at radius 1 is 1.17 bits per heavy atom. The standard InChI is InChI=1S/C20H18N4O4S2/c1-12-10-18(22-19(25)14-6-4-5-7-17(14)30(3,26)27)24(23-12)20-21-15-9-8-13(28-2)11-16(15)29-20/h4-11H,1-3H3,(H,22,25). The summed E-state index contributed by atoms with van der Waals surface area (Å²) >= 11 is 1.40. The van der Waals surface area contributed by atoms with Gasteiger partial charge in [-0.25, -0.2) is 13.4 Å². The van der Waals surface area contributed by atoms with Gasteiger partial charge in [-0.05, 0) is 37.3 Å². The Balaban J connectivity index is 1.72. The highest BCUT2D eigenvalue weighted by Gasteiger charge is 2.21. The number of thiazole rings is 1. The van der Waals surface area contributed by atoms with Crippen molar-refractivity contribution in [1.29, 1.82) is 0 Å². The molecule has 0 aliphatic carbocycles. The predicted molar refractivity (Wildman–Crippen MR) is 116 cm³/mol. The molecule has 154 valence electrons. The number of hydrogen-bond acceptors (Lipinski definition) is 7. The molecule has 0 aliphatic rings. The number of nitrogens with one attached hydrogen (secondary N) is 1. The highest BCUT2D eigenvalue weighted by atomic mass is 32.2. The Morgan fingerprint density at radius 3 is 2.67 bits per heavy atom. The van der Waals surface area contributed by atoms with Crippen LogP contribution in [0.1, 0.15) is 16.1 Å². The van der Waals surface area contributed by atoms with Crippen LogP contribution in [-0.4, -0.2) is 42.5 Å². The van der Waals surface area contributed by atoms with Gasteiger partial charge in [-0.3, -0.25) is 4.79 Å². The molecule has 1 N–H and O–H groups in total. The van der Waals surface area contributed by atoms with E-state index in [4.69, 9.17) is 4.74 Å². The third-order valence-electron chi connectivity index (χ3n) is 4.37. The molecule has 0 bridgehead atoms. The molecule has 0 spiro atoms. The Kier molecular flexibility index (Phi) is 5.04. The zero-order valence-corrected chi connectivity index (χ0v) is 18.0. The second-order valence-electron chi connectivity index (χ2n) is 6.64. The van der Waals surface area contributed by atoms with Gasteiger partial charge in [-0.1, -0.05) is 23.5 Å². The number of sulfone groups is 1. The van der Waals surface area contributed by atoms with E-state index < -0.39 is 15.7 Å². The molecule has 2 heterocycles.